The quantitative estimate of drug-likeness (QED) is 0.513. The fourth-order valence-electron chi connectivity index (χ4n) is 4.68. The number of aromatic nitrogens is 2. The van der Waals surface area contributed by atoms with E-state index in [1.165, 1.54) is 12.8 Å². The summed E-state index contributed by atoms with van der Waals surface area (Å²) in [5.74, 6) is 0.524. The summed E-state index contributed by atoms with van der Waals surface area (Å²) in [5.41, 5.74) is 2.85. The molecule has 2 aromatic heterocycles. The Labute approximate surface area is 200 Å². The molecule has 1 fully saturated rings. The molecule has 2 heterocycles. The maximum atomic E-state index is 13.2. The minimum atomic E-state index is -0.688. The molecular formula is C26H34N4O4. The second kappa shape index (κ2) is 9.60. The van der Waals surface area contributed by atoms with E-state index in [2.05, 4.69) is 34.4 Å². The van der Waals surface area contributed by atoms with E-state index in [9.17, 15) is 14.4 Å². The summed E-state index contributed by atoms with van der Waals surface area (Å²) < 4.78 is 5.34. The molecule has 3 N–H and O–H groups in total. The first kappa shape index (κ1) is 24.0. The third kappa shape index (κ3) is 5.48. The lowest BCUT2D eigenvalue weighted by Gasteiger charge is -2.28. The Morgan fingerprint density at radius 2 is 2.03 bits per heavy atom. The van der Waals surface area contributed by atoms with Gasteiger partial charge in [0.1, 0.15) is 11.7 Å². The van der Waals surface area contributed by atoms with Crippen LogP contribution in [0, 0.1) is 18.3 Å². The van der Waals surface area contributed by atoms with E-state index >= 15 is 0 Å². The molecule has 1 unspecified atom stereocenters. The zero-order valence-electron chi connectivity index (χ0n) is 20.4. The molecule has 0 spiro atoms. The van der Waals surface area contributed by atoms with E-state index < -0.39 is 6.04 Å². The number of pyridine rings is 1. The largest absolute Gasteiger partial charge is 0.478 e. The number of ketones is 1. The number of hydrogen-bond acceptors (Lipinski definition) is 5. The van der Waals surface area contributed by atoms with Gasteiger partial charge in [-0.15, -0.1) is 0 Å². The van der Waals surface area contributed by atoms with E-state index in [4.69, 9.17) is 4.74 Å². The zero-order chi connectivity index (χ0) is 24.5. The average molecular weight is 467 g/mol. The van der Waals surface area contributed by atoms with Gasteiger partial charge in [-0.05, 0) is 56.1 Å². The predicted octanol–water partition coefficient (Wildman–Crippen LogP) is 4.20. The van der Waals surface area contributed by atoms with Crippen LogP contribution in [-0.2, 0) is 11.2 Å². The van der Waals surface area contributed by atoms with Crippen LogP contribution in [0.25, 0.3) is 0 Å². The smallest absolute Gasteiger partial charge is 0.268 e. The fraction of sp³-hybridized carbons (Fsp3) is 0.538. The number of anilines is 1. The molecular weight excluding hydrogens is 432 g/mol. The Balaban J connectivity index is 1.49. The Hall–Kier alpha value is -3.16. The number of carbonyl (C=O) groups is 3. The maximum absolute atomic E-state index is 13.2. The number of nitrogens with zero attached hydrogens (tertiary/aromatic N) is 1. The summed E-state index contributed by atoms with van der Waals surface area (Å²) in [6.45, 7) is 8.29. The number of Topliss-reactive ketones (excluding diaryl/α,β-unsaturated/α-hetero) is 1. The second-order valence-corrected chi connectivity index (χ2v) is 10.3. The lowest BCUT2D eigenvalue weighted by molar-refractivity contribution is -0.118. The van der Waals surface area contributed by atoms with Crippen LogP contribution in [-0.4, -0.2) is 40.2 Å². The van der Waals surface area contributed by atoms with Crippen LogP contribution in [0.1, 0.15) is 85.0 Å². The monoisotopic (exact) mass is 466 g/mol. The van der Waals surface area contributed by atoms with Gasteiger partial charge in [-0.1, -0.05) is 26.7 Å². The second-order valence-electron chi connectivity index (χ2n) is 10.3. The highest BCUT2D eigenvalue weighted by Gasteiger charge is 2.36. The van der Waals surface area contributed by atoms with Crippen molar-refractivity contribution >= 4 is 23.3 Å². The van der Waals surface area contributed by atoms with Crippen molar-refractivity contribution in [2.75, 3.05) is 11.9 Å². The van der Waals surface area contributed by atoms with Crippen molar-refractivity contribution in [2.24, 2.45) is 11.3 Å². The van der Waals surface area contributed by atoms with Gasteiger partial charge in [0, 0.05) is 23.7 Å². The number of ether oxygens (including phenoxy) is 1. The van der Waals surface area contributed by atoms with Crippen molar-refractivity contribution in [1.82, 2.24) is 15.3 Å². The lowest BCUT2D eigenvalue weighted by atomic mass is 9.75. The standard InChI is InChI=1S/C26H34N4O4/c1-5-34-21-11-9-17(14-27-21)28-24(32)18(10-8-16-6-7-16)30-25(33)23-15(2)22-19(29-23)12-26(3,4)13-20(22)31/h9,11,14,16,18,29H,5-8,10,12-13H2,1-4H3,(H,28,32)(H,30,33). The molecule has 34 heavy (non-hydrogen) atoms. The molecule has 2 amide bonds. The lowest BCUT2D eigenvalue weighted by Crippen LogP contribution is -2.44. The maximum Gasteiger partial charge on any atom is 0.268 e. The molecule has 4 rings (SSSR count). The number of hydrogen-bond donors (Lipinski definition) is 3. The summed E-state index contributed by atoms with van der Waals surface area (Å²) in [4.78, 5) is 46.4. The Morgan fingerprint density at radius 3 is 2.68 bits per heavy atom. The first-order valence-corrected chi connectivity index (χ1v) is 12.1. The summed E-state index contributed by atoms with van der Waals surface area (Å²) >= 11 is 0. The Kier molecular flexibility index (Phi) is 6.77. The molecule has 2 aromatic rings. The fourth-order valence-corrected chi connectivity index (χ4v) is 4.68. The van der Waals surface area contributed by atoms with Gasteiger partial charge in [-0.2, -0.15) is 0 Å². The van der Waals surface area contributed by atoms with Crippen molar-refractivity contribution in [3.8, 4) is 5.88 Å². The Morgan fingerprint density at radius 1 is 1.26 bits per heavy atom. The van der Waals surface area contributed by atoms with Gasteiger partial charge < -0.3 is 20.4 Å². The molecule has 1 saturated carbocycles. The summed E-state index contributed by atoms with van der Waals surface area (Å²) in [6.07, 6.45) is 6.49. The molecule has 0 radical (unpaired) electrons. The molecule has 182 valence electrons. The van der Waals surface area contributed by atoms with Gasteiger partial charge in [0.15, 0.2) is 5.78 Å². The molecule has 0 saturated heterocycles. The number of nitrogens with one attached hydrogen (secondary N) is 3. The van der Waals surface area contributed by atoms with Crippen LogP contribution in [0.4, 0.5) is 5.69 Å². The van der Waals surface area contributed by atoms with Crippen molar-refractivity contribution in [2.45, 2.75) is 72.3 Å². The minimum absolute atomic E-state index is 0.0603. The summed E-state index contributed by atoms with van der Waals surface area (Å²) in [7, 11) is 0. The molecule has 0 aromatic carbocycles. The number of H-pyrrole nitrogens is 1. The van der Waals surface area contributed by atoms with Crippen molar-refractivity contribution in [3.05, 3.63) is 40.8 Å². The number of aromatic amines is 1. The molecule has 2 aliphatic carbocycles. The number of rotatable bonds is 9. The summed E-state index contributed by atoms with van der Waals surface area (Å²) in [6, 6.07) is 2.74. The minimum Gasteiger partial charge on any atom is -0.478 e. The number of amides is 2. The SMILES string of the molecule is CCOc1ccc(NC(=O)C(CCC2CC2)NC(=O)c2[nH]c3c(c2C)C(=O)CC(C)(C)C3)cn1. The van der Waals surface area contributed by atoms with Crippen LogP contribution in [0.5, 0.6) is 5.88 Å². The van der Waals surface area contributed by atoms with E-state index in [1.54, 1.807) is 25.3 Å². The highest BCUT2D eigenvalue weighted by atomic mass is 16.5. The van der Waals surface area contributed by atoms with Crippen LogP contribution < -0.4 is 15.4 Å². The molecule has 2 aliphatic rings. The third-order valence-corrected chi connectivity index (χ3v) is 6.61. The van der Waals surface area contributed by atoms with Crippen LogP contribution in [0.2, 0.25) is 0 Å². The Bertz CT molecular complexity index is 1080. The zero-order valence-corrected chi connectivity index (χ0v) is 20.4. The van der Waals surface area contributed by atoms with Gasteiger partial charge in [0.05, 0.1) is 18.5 Å². The van der Waals surface area contributed by atoms with E-state index in [0.717, 1.165) is 12.1 Å². The molecule has 0 aliphatic heterocycles. The van der Waals surface area contributed by atoms with Crippen molar-refractivity contribution < 1.29 is 19.1 Å². The van der Waals surface area contributed by atoms with Crippen molar-refractivity contribution in [3.63, 3.8) is 0 Å². The summed E-state index contributed by atoms with van der Waals surface area (Å²) in [5, 5.41) is 5.77. The van der Waals surface area contributed by atoms with Gasteiger partial charge in [0.2, 0.25) is 11.8 Å². The normalized spacial score (nSPS) is 17.6. The first-order valence-electron chi connectivity index (χ1n) is 12.1. The highest BCUT2D eigenvalue weighted by Crippen LogP contribution is 2.37. The topological polar surface area (TPSA) is 113 Å². The molecule has 0 bridgehead atoms. The van der Waals surface area contributed by atoms with Gasteiger partial charge in [0.25, 0.3) is 5.91 Å². The first-order chi connectivity index (χ1) is 16.2. The van der Waals surface area contributed by atoms with Gasteiger partial charge in [-0.3, -0.25) is 14.4 Å². The van der Waals surface area contributed by atoms with Crippen LogP contribution >= 0.6 is 0 Å². The highest BCUT2D eigenvalue weighted by molar-refractivity contribution is 6.06. The number of carbonyl (C=O) groups excluding carboxylic acids is 3. The van der Waals surface area contributed by atoms with Crippen LogP contribution in [0.3, 0.4) is 0 Å². The average Bonchev–Trinajstić information content (AvgIpc) is 3.53. The van der Waals surface area contributed by atoms with E-state index in [0.29, 0.717) is 60.2 Å². The van der Waals surface area contributed by atoms with Crippen molar-refractivity contribution in [1.29, 1.82) is 0 Å². The van der Waals surface area contributed by atoms with Crippen LogP contribution in [0.15, 0.2) is 18.3 Å². The van der Waals surface area contributed by atoms with E-state index in [1.807, 2.05) is 6.92 Å². The van der Waals surface area contributed by atoms with Gasteiger partial charge in [-0.25, -0.2) is 4.98 Å². The molecule has 1 atom stereocenters. The number of fused-ring (bicyclic) bond motifs is 1. The third-order valence-electron chi connectivity index (χ3n) is 6.61. The molecule has 8 nitrogen and oxygen atoms in total. The van der Waals surface area contributed by atoms with E-state index in [-0.39, 0.29) is 23.0 Å². The predicted molar refractivity (Wildman–Crippen MR) is 129 cm³/mol. The molecule has 8 heteroatoms. The van der Waals surface area contributed by atoms with Gasteiger partial charge >= 0.3 is 0 Å².